The van der Waals surface area contributed by atoms with Crippen LogP contribution in [0.1, 0.15) is 11.8 Å². The van der Waals surface area contributed by atoms with Crippen LogP contribution >= 0.6 is 0 Å². The van der Waals surface area contributed by atoms with Gasteiger partial charge in [-0.1, -0.05) is 0 Å². The zero-order chi connectivity index (χ0) is 8.55. The second-order valence-corrected chi connectivity index (χ2v) is 3.01. The molecule has 0 N–H and O–H groups in total. The van der Waals surface area contributed by atoms with Crippen LogP contribution in [0.5, 0.6) is 0 Å². The van der Waals surface area contributed by atoms with E-state index >= 15 is 0 Å². The van der Waals surface area contributed by atoms with Gasteiger partial charge in [0.15, 0.2) is 0 Å². The molecule has 2 rings (SSSR count). The van der Waals surface area contributed by atoms with Gasteiger partial charge in [-0.05, 0) is 0 Å². The van der Waals surface area contributed by atoms with Crippen LogP contribution in [0.4, 0.5) is 4.39 Å². The average Bonchev–Trinajstić information content (AvgIpc) is 2.33. The van der Waals surface area contributed by atoms with Crippen molar-refractivity contribution in [1.82, 2.24) is 15.1 Å². The second-order valence-electron chi connectivity index (χ2n) is 3.01. The molecule has 4 nitrogen and oxygen atoms in total. The number of rotatable bonds is 2. The van der Waals surface area contributed by atoms with Crippen molar-refractivity contribution in [1.29, 1.82) is 0 Å². The van der Waals surface area contributed by atoms with Gasteiger partial charge in [0.2, 0.25) is 11.8 Å². The zero-order valence-corrected chi connectivity index (χ0v) is 6.83. The largest absolute Gasteiger partial charge is 0.424 e. The van der Waals surface area contributed by atoms with Gasteiger partial charge in [0.05, 0.1) is 6.54 Å². The van der Waals surface area contributed by atoms with E-state index in [1.807, 2.05) is 4.90 Å². The molecule has 5 heteroatoms. The Labute approximate surface area is 69.4 Å². The van der Waals surface area contributed by atoms with Crippen LogP contribution < -0.4 is 0 Å². The number of aryl methyl sites for hydroxylation is 1. The molecule has 2 heterocycles. The summed E-state index contributed by atoms with van der Waals surface area (Å²) in [5.41, 5.74) is 0. The molecule has 0 amide bonds. The fraction of sp³-hybridized carbons (Fsp3) is 0.714. The lowest BCUT2D eigenvalue weighted by molar-refractivity contribution is 0.0517. The number of likely N-dealkylation sites (tertiary alicyclic amines) is 1. The summed E-state index contributed by atoms with van der Waals surface area (Å²) in [5, 5.41) is 7.49. The Morgan fingerprint density at radius 3 is 2.83 bits per heavy atom. The summed E-state index contributed by atoms with van der Waals surface area (Å²) in [6.07, 6.45) is -0.672. The first-order valence-electron chi connectivity index (χ1n) is 3.89. The molecule has 1 aliphatic heterocycles. The molecule has 0 unspecified atom stereocenters. The van der Waals surface area contributed by atoms with Crippen molar-refractivity contribution in [2.45, 2.75) is 19.6 Å². The Morgan fingerprint density at radius 1 is 1.58 bits per heavy atom. The standard InChI is InChI=1S/C7H10FN3O/c1-5-9-10-7(12-5)4-11-2-6(8)3-11/h6H,2-4H2,1H3. The first-order valence-corrected chi connectivity index (χ1v) is 3.89. The highest BCUT2D eigenvalue weighted by molar-refractivity contribution is 4.85. The number of hydrogen-bond donors (Lipinski definition) is 0. The van der Waals surface area contributed by atoms with Gasteiger partial charge < -0.3 is 4.42 Å². The maximum Gasteiger partial charge on any atom is 0.230 e. The molecule has 1 aromatic heterocycles. The summed E-state index contributed by atoms with van der Waals surface area (Å²) in [6.45, 7) is 3.29. The summed E-state index contributed by atoms with van der Waals surface area (Å²) < 4.78 is 17.5. The predicted octanol–water partition coefficient (Wildman–Crippen LogP) is 0.532. The summed E-state index contributed by atoms with van der Waals surface area (Å²) in [6, 6.07) is 0. The van der Waals surface area contributed by atoms with Gasteiger partial charge in [-0.3, -0.25) is 4.90 Å². The third kappa shape index (κ3) is 1.45. The molecule has 0 saturated carbocycles. The Balaban J connectivity index is 1.88. The molecule has 0 spiro atoms. The van der Waals surface area contributed by atoms with Crippen LogP contribution in [-0.2, 0) is 6.54 Å². The van der Waals surface area contributed by atoms with E-state index in [9.17, 15) is 4.39 Å². The smallest absolute Gasteiger partial charge is 0.230 e. The van der Waals surface area contributed by atoms with E-state index in [0.717, 1.165) is 0 Å². The molecule has 1 fully saturated rings. The van der Waals surface area contributed by atoms with Crippen LogP contribution in [0.2, 0.25) is 0 Å². The molecule has 0 aliphatic carbocycles. The van der Waals surface area contributed by atoms with Crippen molar-refractivity contribution in [2.24, 2.45) is 0 Å². The number of halogens is 1. The van der Waals surface area contributed by atoms with Gasteiger partial charge in [-0.2, -0.15) is 0 Å². The van der Waals surface area contributed by atoms with Gasteiger partial charge >= 0.3 is 0 Å². The number of alkyl halides is 1. The SMILES string of the molecule is Cc1nnc(CN2CC(F)C2)o1. The highest BCUT2D eigenvalue weighted by Gasteiger charge is 2.27. The van der Waals surface area contributed by atoms with E-state index in [-0.39, 0.29) is 0 Å². The lowest BCUT2D eigenvalue weighted by Gasteiger charge is -2.32. The third-order valence-electron chi connectivity index (χ3n) is 1.84. The fourth-order valence-electron chi connectivity index (χ4n) is 1.23. The lowest BCUT2D eigenvalue weighted by atomic mass is 10.2. The Hall–Kier alpha value is -0.970. The molecule has 0 aromatic carbocycles. The second kappa shape index (κ2) is 2.82. The van der Waals surface area contributed by atoms with Gasteiger partial charge in [0, 0.05) is 20.0 Å². The van der Waals surface area contributed by atoms with Crippen molar-refractivity contribution < 1.29 is 8.81 Å². The fourth-order valence-corrected chi connectivity index (χ4v) is 1.23. The molecule has 1 saturated heterocycles. The van der Waals surface area contributed by atoms with Gasteiger partial charge in [0.1, 0.15) is 6.17 Å². The molecule has 1 aliphatic rings. The quantitative estimate of drug-likeness (QED) is 0.651. The van der Waals surface area contributed by atoms with Crippen LogP contribution in [0.3, 0.4) is 0 Å². The molecule has 0 atom stereocenters. The zero-order valence-electron chi connectivity index (χ0n) is 6.83. The van der Waals surface area contributed by atoms with Crippen LogP contribution in [0, 0.1) is 6.92 Å². The average molecular weight is 171 g/mol. The van der Waals surface area contributed by atoms with Gasteiger partial charge in [-0.25, -0.2) is 4.39 Å². The number of hydrogen-bond acceptors (Lipinski definition) is 4. The molecular weight excluding hydrogens is 161 g/mol. The van der Waals surface area contributed by atoms with E-state index in [0.29, 0.717) is 31.4 Å². The van der Waals surface area contributed by atoms with E-state index in [2.05, 4.69) is 10.2 Å². The maximum absolute atomic E-state index is 12.4. The molecule has 0 bridgehead atoms. The maximum atomic E-state index is 12.4. The lowest BCUT2D eigenvalue weighted by Crippen LogP contribution is -2.47. The first-order chi connectivity index (χ1) is 5.74. The van der Waals surface area contributed by atoms with E-state index in [4.69, 9.17) is 4.42 Å². The Bertz CT molecular complexity index is 269. The van der Waals surface area contributed by atoms with Gasteiger partial charge in [0.25, 0.3) is 0 Å². The van der Waals surface area contributed by atoms with Crippen molar-refractivity contribution >= 4 is 0 Å². The van der Waals surface area contributed by atoms with Crippen LogP contribution in [0.25, 0.3) is 0 Å². The van der Waals surface area contributed by atoms with Crippen molar-refractivity contribution in [3.8, 4) is 0 Å². The summed E-state index contributed by atoms with van der Waals surface area (Å²) in [5.74, 6) is 1.13. The topological polar surface area (TPSA) is 42.2 Å². The highest BCUT2D eigenvalue weighted by atomic mass is 19.1. The number of nitrogens with zero attached hydrogens (tertiary/aromatic N) is 3. The summed E-state index contributed by atoms with van der Waals surface area (Å²) >= 11 is 0. The van der Waals surface area contributed by atoms with E-state index in [1.165, 1.54) is 0 Å². The van der Waals surface area contributed by atoms with Crippen molar-refractivity contribution in [3.63, 3.8) is 0 Å². The summed E-state index contributed by atoms with van der Waals surface area (Å²) in [7, 11) is 0. The van der Waals surface area contributed by atoms with Crippen LogP contribution in [0.15, 0.2) is 4.42 Å². The minimum Gasteiger partial charge on any atom is -0.424 e. The Morgan fingerprint density at radius 2 is 2.33 bits per heavy atom. The molecule has 12 heavy (non-hydrogen) atoms. The normalized spacial score (nSPS) is 19.5. The monoisotopic (exact) mass is 171 g/mol. The van der Waals surface area contributed by atoms with Gasteiger partial charge in [-0.15, -0.1) is 10.2 Å². The van der Waals surface area contributed by atoms with Crippen molar-refractivity contribution in [2.75, 3.05) is 13.1 Å². The highest BCUT2D eigenvalue weighted by Crippen LogP contribution is 2.14. The molecule has 1 aromatic rings. The summed E-state index contributed by atoms with van der Waals surface area (Å²) in [4.78, 5) is 1.93. The third-order valence-corrected chi connectivity index (χ3v) is 1.84. The predicted molar refractivity (Wildman–Crippen MR) is 39.2 cm³/mol. The minimum atomic E-state index is -0.672. The van der Waals surface area contributed by atoms with E-state index in [1.54, 1.807) is 6.92 Å². The minimum absolute atomic E-state index is 0.488. The van der Waals surface area contributed by atoms with Crippen LogP contribution in [-0.4, -0.2) is 34.4 Å². The number of aromatic nitrogens is 2. The first kappa shape index (κ1) is 7.67. The Kier molecular flexibility index (Phi) is 1.80. The molecule has 66 valence electrons. The van der Waals surface area contributed by atoms with Crippen molar-refractivity contribution in [3.05, 3.63) is 11.8 Å². The molecule has 0 radical (unpaired) electrons. The van der Waals surface area contributed by atoms with E-state index < -0.39 is 6.17 Å². The molecular formula is C7H10FN3O.